The first-order valence-electron chi connectivity index (χ1n) is 13.9. The minimum absolute atomic E-state index is 0.0239. The second kappa shape index (κ2) is 11.0. The Balaban J connectivity index is 1.65. The van der Waals surface area contributed by atoms with Crippen molar-refractivity contribution in [3.8, 4) is 0 Å². The zero-order valence-electron chi connectivity index (χ0n) is 23.1. The number of carbonyl (C=O) groups excluding carboxylic acids is 2. The molecule has 8 heteroatoms. The average molecular weight is 586 g/mol. The highest BCUT2D eigenvalue weighted by molar-refractivity contribution is 6.76. The Morgan fingerprint density at radius 1 is 1.10 bits per heavy atom. The molecule has 2 aliphatic heterocycles. The normalized spacial score (nSPS) is 24.9. The summed E-state index contributed by atoms with van der Waals surface area (Å²) in [5, 5.41) is 1.16. The molecule has 208 valence electrons. The minimum Gasteiger partial charge on any atom is -0.361 e. The van der Waals surface area contributed by atoms with Gasteiger partial charge in [-0.1, -0.05) is 67.1 Å². The molecule has 3 aliphatic rings. The van der Waals surface area contributed by atoms with E-state index in [2.05, 4.69) is 26.2 Å². The van der Waals surface area contributed by atoms with Gasteiger partial charge in [-0.3, -0.25) is 14.5 Å². The summed E-state index contributed by atoms with van der Waals surface area (Å²) in [6.07, 6.45) is 5.05. The number of amides is 2. The van der Waals surface area contributed by atoms with Gasteiger partial charge in [0, 0.05) is 48.7 Å². The van der Waals surface area contributed by atoms with Crippen LogP contribution in [-0.4, -0.2) is 44.7 Å². The lowest BCUT2D eigenvalue weighted by Gasteiger charge is -2.51. The number of anilines is 1. The van der Waals surface area contributed by atoms with Crippen LogP contribution in [0.25, 0.3) is 0 Å². The number of benzene rings is 2. The number of allylic oxidation sites excluding steroid dienone is 1. The highest BCUT2D eigenvalue weighted by atomic mass is 35.5. The number of halogens is 2. The van der Waals surface area contributed by atoms with Crippen LogP contribution in [0.4, 0.5) is 5.69 Å². The van der Waals surface area contributed by atoms with Gasteiger partial charge < -0.3 is 9.64 Å². The predicted octanol–water partition coefficient (Wildman–Crippen LogP) is 7.47. The van der Waals surface area contributed by atoms with Crippen LogP contribution in [0, 0.1) is 11.8 Å². The van der Waals surface area contributed by atoms with E-state index in [-0.39, 0.29) is 30.4 Å². The van der Waals surface area contributed by atoms with E-state index in [1.807, 2.05) is 53.4 Å². The molecule has 0 N–H and O–H groups in total. The van der Waals surface area contributed by atoms with Crippen molar-refractivity contribution in [1.29, 1.82) is 0 Å². The summed E-state index contributed by atoms with van der Waals surface area (Å²) in [7, 11) is -1.30. The second-order valence-corrected chi connectivity index (χ2v) is 19.0. The molecular formula is C31H38Cl2N2O3Si. The quantitative estimate of drug-likeness (QED) is 0.165. The molecule has 0 unspecified atom stereocenters. The van der Waals surface area contributed by atoms with E-state index in [1.165, 1.54) is 0 Å². The van der Waals surface area contributed by atoms with Crippen molar-refractivity contribution in [2.24, 2.45) is 11.8 Å². The molecule has 1 saturated carbocycles. The van der Waals surface area contributed by atoms with Crippen LogP contribution in [0.2, 0.25) is 35.7 Å². The molecule has 2 amide bonds. The van der Waals surface area contributed by atoms with Gasteiger partial charge in [0.05, 0.1) is 5.69 Å². The smallest absolute Gasteiger partial charge is 0.260 e. The molecule has 39 heavy (non-hydrogen) atoms. The third-order valence-electron chi connectivity index (χ3n) is 8.35. The maximum absolute atomic E-state index is 14.9. The SMILES string of the molecule is C=CC[C@@H]1C[C@@H](c2cccc(Cl)c2)[C@@]2(C(=O)N(COCC[Si](C)(C)C)c3cc(Cl)ccc32)N(CC2CC2)C1=O. The van der Waals surface area contributed by atoms with Crippen molar-refractivity contribution < 1.29 is 14.3 Å². The molecule has 2 fully saturated rings. The molecule has 5 rings (SSSR count). The zero-order chi connectivity index (χ0) is 27.9. The number of likely N-dealkylation sites (tertiary alicyclic amines) is 1. The van der Waals surface area contributed by atoms with E-state index in [0.29, 0.717) is 42.0 Å². The van der Waals surface area contributed by atoms with Crippen molar-refractivity contribution in [2.75, 3.05) is 24.8 Å². The van der Waals surface area contributed by atoms with Gasteiger partial charge in [0.25, 0.3) is 5.91 Å². The largest absolute Gasteiger partial charge is 0.361 e. The number of fused-ring (bicyclic) bond motifs is 2. The Labute approximate surface area is 243 Å². The topological polar surface area (TPSA) is 49.9 Å². The lowest BCUT2D eigenvalue weighted by Crippen LogP contribution is -2.63. The van der Waals surface area contributed by atoms with E-state index >= 15 is 0 Å². The molecule has 5 nitrogen and oxygen atoms in total. The fraction of sp³-hybridized carbons (Fsp3) is 0.484. The Kier molecular flexibility index (Phi) is 8.04. The van der Waals surface area contributed by atoms with E-state index < -0.39 is 13.6 Å². The van der Waals surface area contributed by atoms with Gasteiger partial charge in [-0.05, 0) is 67.5 Å². The standard InChI is InChI=1S/C31H38Cl2N2O3Si/c1-5-7-23-17-27(22-8-6-9-24(32)16-22)31(35(29(23)36)19-21-10-11-21)26-13-12-25(33)18-28(26)34(30(31)37)20-38-14-15-39(2,3)4/h5-6,8-9,12-13,16,18,21,23,27H,1,7,10-11,14-15,17,19-20H2,2-4H3/t23-,27+,31+/m1/s1. The van der Waals surface area contributed by atoms with Gasteiger partial charge in [-0.25, -0.2) is 0 Å². The number of carbonyl (C=O) groups is 2. The number of hydrogen-bond acceptors (Lipinski definition) is 3. The highest BCUT2D eigenvalue weighted by Crippen LogP contribution is 2.58. The lowest BCUT2D eigenvalue weighted by atomic mass is 9.66. The van der Waals surface area contributed by atoms with Gasteiger partial charge in [0.2, 0.25) is 5.91 Å². The van der Waals surface area contributed by atoms with Crippen LogP contribution < -0.4 is 4.90 Å². The third-order valence-corrected chi connectivity index (χ3v) is 10.5. The summed E-state index contributed by atoms with van der Waals surface area (Å²) in [4.78, 5) is 32.7. The summed E-state index contributed by atoms with van der Waals surface area (Å²) >= 11 is 13.0. The summed E-state index contributed by atoms with van der Waals surface area (Å²) in [5.74, 6) is -0.225. The fourth-order valence-electron chi connectivity index (χ4n) is 6.17. The molecule has 0 radical (unpaired) electrons. The van der Waals surface area contributed by atoms with E-state index in [4.69, 9.17) is 27.9 Å². The Morgan fingerprint density at radius 2 is 1.85 bits per heavy atom. The zero-order valence-corrected chi connectivity index (χ0v) is 25.6. The summed E-state index contributed by atoms with van der Waals surface area (Å²) in [6, 6.07) is 14.4. The molecule has 3 atom stereocenters. The molecule has 2 aromatic carbocycles. The monoisotopic (exact) mass is 584 g/mol. The van der Waals surface area contributed by atoms with E-state index in [0.717, 1.165) is 35.7 Å². The fourth-order valence-corrected chi connectivity index (χ4v) is 7.29. The predicted molar refractivity (Wildman–Crippen MR) is 161 cm³/mol. The average Bonchev–Trinajstić information content (AvgIpc) is 3.66. The molecule has 2 aromatic rings. The van der Waals surface area contributed by atoms with Crippen molar-refractivity contribution in [3.63, 3.8) is 0 Å². The number of ether oxygens (including phenoxy) is 1. The molecule has 0 bridgehead atoms. The van der Waals surface area contributed by atoms with E-state index in [1.54, 1.807) is 4.90 Å². The van der Waals surface area contributed by atoms with Crippen LogP contribution in [-0.2, 0) is 19.9 Å². The summed E-state index contributed by atoms with van der Waals surface area (Å²) in [5.41, 5.74) is 1.31. The first kappa shape index (κ1) is 28.4. The Hall–Kier alpha value is -2.12. The van der Waals surface area contributed by atoms with Gasteiger partial charge in [-0.2, -0.15) is 0 Å². The van der Waals surface area contributed by atoms with Gasteiger partial charge in [0.15, 0.2) is 5.54 Å². The number of hydrogen-bond donors (Lipinski definition) is 0. The van der Waals surface area contributed by atoms with Crippen molar-refractivity contribution in [3.05, 3.63) is 76.3 Å². The molecule has 0 aromatic heterocycles. The molecule has 1 saturated heterocycles. The lowest BCUT2D eigenvalue weighted by molar-refractivity contribution is -0.159. The first-order valence-corrected chi connectivity index (χ1v) is 18.4. The molecule has 2 heterocycles. The Bertz CT molecular complexity index is 1270. The van der Waals surface area contributed by atoms with Crippen LogP contribution >= 0.6 is 23.2 Å². The number of piperidine rings is 1. The molecular weight excluding hydrogens is 547 g/mol. The summed E-state index contributed by atoms with van der Waals surface area (Å²) in [6.45, 7) is 12.1. The highest BCUT2D eigenvalue weighted by Gasteiger charge is 2.64. The summed E-state index contributed by atoms with van der Waals surface area (Å²) < 4.78 is 6.13. The van der Waals surface area contributed by atoms with E-state index in [9.17, 15) is 9.59 Å². The van der Waals surface area contributed by atoms with Crippen LogP contribution in [0.3, 0.4) is 0 Å². The van der Waals surface area contributed by atoms with Crippen molar-refractivity contribution >= 4 is 48.8 Å². The number of rotatable bonds is 10. The maximum atomic E-state index is 14.9. The van der Waals surface area contributed by atoms with Crippen molar-refractivity contribution in [2.45, 2.75) is 62.8 Å². The molecule has 1 spiro atoms. The van der Waals surface area contributed by atoms with Crippen molar-refractivity contribution in [1.82, 2.24) is 4.90 Å². The van der Waals surface area contributed by atoms with Gasteiger partial charge >= 0.3 is 0 Å². The van der Waals surface area contributed by atoms with Gasteiger partial charge in [-0.15, -0.1) is 6.58 Å². The number of nitrogens with zero attached hydrogens (tertiary/aromatic N) is 2. The van der Waals surface area contributed by atoms with Gasteiger partial charge in [0.1, 0.15) is 6.73 Å². The van der Waals surface area contributed by atoms with Crippen LogP contribution in [0.15, 0.2) is 55.1 Å². The molecule has 1 aliphatic carbocycles. The van der Waals surface area contributed by atoms with Crippen LogP contribution in [0.5, 0.6) is 0 Å². The maximum Gasteiger partial charge on any atom is 0.260 e. The minimum atomic E-state index is -1.30. The second-order valence-electron chi connectivity index (χ2n) is 12.5. The Morgan fingerprint density at radius 3 is 2.51 bits per heavy atom. The first-order chi connectivity index (χ1) is 18.6. The third kappa shape index (κ3) is 5.46. The van der Waals surface area contributed by atoms with Crippen LogP contribution in [0.1, 0.15) is 42.7 Å².